The normalized spacial score (nSPS) is 11.9. The predicted molar refractivity (Wildman–Crippen MR) is 208 cm³/mol. The van der Waals surface area contributed by atoms with Crippen LogP contribution in [-0.2, 0) is 0 Å². The van der Waals surface area contributed by atoms with Gasteiger partial charge in [0.15, 0.2) is 17.5 Å². The molecule has 0 spiro atoms. The lowest BCUT2D eigenvalue weighted by atomic mass is 9.91. The van der Waals surface area contributed by atoms with Crippen LogP contribution in [0.5, 0.6) is 0 Å². The molecule has 0 radical (unpaired) electrons. The highest BCUT2D eigenvalue weighted by Crippen LogP contribution is 2.50. The molecule has 0 atom stereocenters. The van der Waals surface area contributed by atoms with Crippen LogP contribution in [0.1, 0.15) is 0 Å². The summed E-state index contributed by atoms with van der Waals surface area (Å²) < 4.78 is 6.61. The molecule has 0 aliphatic heterocycles. The number of aromatic nitrogens is 3. The second-order valence-corrected chi connectivity index (χ2v) is 13.1. The summed E-state index contributed by atoms with van der Waals surface area (Å²) in [6.45, 7) is 0. The number of fused-ring (bicyclic) bond motifs is 7. The van der Waals surface area contributed by atoms with Crippen LogP contribution < -0.4 is 0 Å². The van der Waals surface area contributed by atoms with Gasteiger partial charge in [-0.1, -0.05) is 146 Å². The topological polar surface area (TPSA) is 51.8 Å². The van der Waals surface area contributed by atoms with Gasteiger partial charge < -0.3 is 4.42 Å². The average Bonchev–Trinajstić information content (AvgIpc) is 3.75. The fourth-order valence-electron chi connectivity index (χ4n) is 7.99. The van der Waals surface area contributed by atoms with Gasteiger partial charge in [-0.3, -0.25) is 0 Å². The summed E-state index contributed by atoms with van der Waals surface area (Å²) in [7, 11) is 0. The molecule has 2 heterocycles. The number of nitrogens with zero attached hydrogens (tertiary/aromatic N) is 3. The Kier molecular flexibility index (Phi) is 5.92. The Hall–Kier alpha value is -6.91. The first-order chi connectivity index (χ1) is 25.3. The van der Waals surface area contributed by atoms with E-state index in [1.54, 1.807) is 0 Å². The zero-order valence-electron chi connectivity index (χ0n) is 27.3. The molecule has 1 aliphatic rings. The lowest BCUT2D eigenvalue weighted by Gasteiger charge is -2.12. The highest BCUT2D eigenvalue weighted by atomic mass is 16.3. The van der Waals surface area contributed by atoms with Gasteiger partial charge in [-0.15, -0.1) is 0 Å². The lowest BCUT2D eigenvalue weighted by Crippen LogP contribution is -2.00. The van der Waals surface area contributed by atoms with E-state index in [1.807, 2.05) is 42.5 Å². The van der Waals surface area contributed by atoms with Gasteiger partial charge in [0.25, 0.3) is 0 Å². The molecule has 51 heavy (non-hydrogen) atoms. The van der Waals surface area contributed by atoms with Crippen molar-refractivity contribution in [3.05, 3.63) is 164 Å². The highest BCUT2D eigenvalue weighted by Gasteiger charge is 2.25. The van der Waals surface area contributed by atoms with Gasteiger partial charge in [0.1, 0.15) is 11.2 Å². The van der Waals surface area contributed by atoms with Crippen LogP contribution in [-0.4, -0.2) is 15.0 Å². The van der Waals surface area contributed by atoms with E-state index in [1.165, 1.54) is 44.0 Å². The van der Waals surface area contributed by atoms with E-state index in [-0.39, 0.29) is 0 Å². The molecule has 0 fully saturated rings. The van der Waals surface area contributed by atoms with Crippen molar-refractivity contribution >= 4 is 43.5 Å². The van der Waals surface area contributed by atoms with Gasteiger partial charge in [0.05, 0.1) is 0 Å². The summed E-state index contributed by atoms with van der Waals surface area (Å²) >= 11 is 0. The van der Waals surface area contributed by atoms with Gasteiger partial charge >= 0.3 is 0 Å². The van der Waals surface area contributed by atoms with Gasteiger partial charge in [-0.05, 0) is 73.1 Å². The summed E-state index contributed by atoms with van der Waals surface area (Å²) in [5.74, 6) is 1.86. The zero-order valence-corrected chi connectivity index (χ0v) is 27.3. The van der Waals surface area contributed by atoms with Crippen LogP contribution in [0.15, 0.2) is 168 Å². The van der Waals surface area contributed by atoms with Crippen molar-refractivity contribution in [2.24, 2.45) is 0 Å². The minimum Gasteiger partial charge on any atom is -0.456 e. The SMILES string of the molecule is c1ccc(-c2nc(-c3ccc4ccccc4c3)nc(-c3cccc4oc5cccc(-c6ccc7c8c(cccc68)-c6ccccc6-7)c5c34)n2)cc1. The molecule has 4 heteroatoms. The Bertz CT molecular complexity index is 3000. The minimum atomic E-state index is 0.603. The summed E-state index contributed by atoms with van der Waals surface area (Å²) in [6.07, 6.45) is 0. The van der Waals surface area contributed by atoms with Crippen molar-refractivity contribution in [1.82, 2.24) is 15.0 Å². The molecule has 0 saturated heterocycles. The Labute approximate surface area is 293 Å². The van der Waals surface area contributed by atoms with E-state index in [0.29, 0.717) is 17.5 Å². The van der Waals surface area contributed by atoms with Gasteiger partial charge in [-0.2, -0.15) is 0 Å². The quantitative estimate of drug-likeness (QED) is 0.190. The first-order valence-corrected chi connectivity index (χ1v) is 17.2. The van der Waals surface area contributed by atoms with E-state index in [4.69, 9.17) is 19.4 Å². The maximum Gasteiger partial charge on any atom is 0.164 e. The molecule has 1 aliphatic carbocycles. The second kappa shape index (κ2) is 10.8. The molecular formula is C47H27N3O. The first-order valence-electron chi connectivity index (χ1n) is 17.2. The molecule has 0 N–H and O–H groups in total. The minimum absolute atomic E-state index is 0.603. The van der Waals surface area contributed by atoms with Crippen molar-refractivity contribution in [3.63, 3.8) is 0 Å². The Morgan fingerprint density at radius 2 is 0.863 bits per heavy atom. The fourth-order valence-corrected chi connectivity index (χ4v) is 7.99. The van der Waals surface area contributed by atoms with Crippen molar-refractivity contribution in [2.75, 3.05) is 0 Å². The zero-order chi connectivity index (χ0) is 33.5. The lowest BCUT2D eigenvalue weighted by molar-refractivity contribution is 0.669. The molecule has 0 bridgehead atoms. The van der Waals surface area contributed by atoms with Crippen molar-refractivity contribution < 1.29 is 4.42 Å². The van der Waals surface area contributed by atoms with E-state index in [0.717, 1.165) is 49.6 Å². The van der Waals surface area contributed by atoms with E-state index in [9.17, 15) is 0 Å². The van der Waals surface area contributed by atoms with E-state index in [2.05, 4.69) is 121 Å². The first kappa shape index (κ1) is 28.0. The fraction of sp³-hybridized carbons (Fsp3) is 0. The van der Waals surface area contributed by atoms with Crippen LogP contribution in [0.25, 0.3) is 111 Å². The van der Waals surface area contributed by atoms with Crippen molar-refractivity contribution in [3.8, 4) is 67.5 Å². The third-order valence-electron chi connectivity index (χ3n) is 10.3. The van der Waals surface area contributed by atoms with Crippen LogP contribution in [0, 0.1) is 0 Å². The number of benzene rings is 8. The summed E-state index contributed by atoms with van der Waals surface area (Å²) in [5.41, 5.74) is 11.8. The summed E-state index contributed by atoms with van der Waals surface area (Å²) in [5, 5.41) is 6.88. The Morgan fingerprint density at radius 3 is 1.65 bits per heavy atom. The molecule has 0 saturated carbocycles. The molecule has 8 aromatic carbocycles. The average molecular weight is 650 g/mol. The van der Waals surface area contributed by atoms with Crippen molar-refractivity contribution in [1.29, 1.82) is 0 Å². The molecule has 2 aromatic heterocycles. The van der Waals surface area contributed by atoms with Crippen LogP contribution in [0.3, 0.4) is 0 Å². The summed E-state index contributed by atoms with van der Waals surface area (Å²) in [4.78, 5) is 15.4. The molecule has 11 rings (SSSR count). The van der Waals surface area contributed by atoms with E-state index >= 15 is 0 Å². The summed E-state index contributed by atoms with van der Waals surface area (Å²) in [6, 6.07) is 57.3. The van der Waals surface area contributed by atoms with Crippen molar-refractivity contribution in [2.45, 2.75) is 0 Å². The molecular weight excluding hydrogens is 623 g/mol. The van der Waals surface area contributed by atoms with Crippen LogP contribution in [0.4, 0.5) is 0 Å². The van der Waals surface area contributed by atoms with E-state index < -0.39 is 0 Å². The molecule has 10 aromatic rings. The maximum atomic E-state index is 6.61. The monoisotopic (exact) mass is 649 g/mol. The van der Waals surface area contributed by atoms with Crippen LogP contribution >= 0.6 is 0 Å². The molecule has 0 amide bonds. The Morgan fingerprint density at radius 1 is 0.314 bits per heavy atom. The van der Waals surface area contributed by atoms with Crippen LogP contribution in [0.2, 0.25) is 0 Å². The number of hydrogen-bond acceptors (Lipinski definition) is 4. The Balaban J connectivity index is 1.17. The van der Waals surface area contributed by atoms with Gasteiger partial charge in [-0.25, -0.2) is 15.0 Å². The largest absolute Gasteiger partial charge is 0.456 e. The molecule has 4 nitrogen and oxygen atoms in total. The predicted octanol–water partition coefficient (Wildman–Crippen LogP) is 12.4. The third-order valence-corrected chi connectivity index (χ3v) is 10.3. The smallest absolute Gasteiger partial charge is 0.164 e. The van der Waals surface area contributed by atoms with Gasteiger partial charge in [0, 0.05) is 27.5 Å². The standard InChI is InChI=1S/C47H27N3O/c1-2-12-29(13-3-1)45-48-46(31-24-23-28-11-4-5-14-30(28)27-31)50-47(49-45)39-20-10-22-41-44(39)43-37(19-9-21-40(43)51-41)34-25-26-38-33-16-7-6-15-32(33)35-17-8-18-36(34)42(35)38/h1-27H. The second-order valence-electron chi connectivity index (χ2n) is 13.1. The maximum absolute atomic E-state index is 6.61. The number of furan rings is 1. The molecule has 0 unspecified atom stereocenters. The highest BCUT2D eigenvalue weighted by molar-refractivity contribution is 6.23. The number of hydrogen-bond donors (Lipinski definition) is 0. The molecule has 236 valence electrons. The number of rotatable bonds is 4. The van der Waals surface area contributed by atoms with Gasteiger partial charge in [0.2, 0.25) is 0 Å². The third kappa shape index (κ3) is 4.23.